The fraction of sp³-hybridized carbons (Fsp3) is 0.438. The Kier molecular flexibility index (Phi) is 9.18. The summed E-state index contributed by atoms with van der Waals surface area (Å²) in [5, 5.41) is 6.33. The molecule has 4 rings (SSSR count). The van der Waals surface area contributed by atoms with Crippen LogP contribution < -0.4 is 15.7 Å². The Morgan fingerprint density at radius 2 is 1.22 bits per heavy atom. The largest absolute Gasteiger partial charge is 0.404 e. The van der Waals surface area contributed by atoms with Gasteiger partial charge in [-0.15, -0.1) is 0 Å². The SMILES string of the molecule is C[C@@H](COC1CCC(O[Si](c2ccccc2)(c2ccccc2)C(C)(C)C)CC1)NCc1ccccc1. The van der Waals surface area contributed by atoms with Crippen LogP contribution in [0.25, 0.3) is 0 Å². The predicted molar refractivity (Wildman–Crippen MR) is 153 cm³/mol. The van der Waals surface area contributed by atoms with Gasteiger partial charge in [-0.05, 0) is 53.6 Å². The maximum atomic E-state index is 7.35. The molecule has 1 aliphatic rings. The lowest BCUT2D eigenvalue weighted by atomic mass is 9.95. The lowest BCUT2D eigenvalue weighted by Gasteiger charge is -2.46. The second-order valence-corrected chi connectivity index (χ2v) is 15.5. The number of benzene rings is 3. The van der Waals surface area contributed by atoms with E-state index in [0.29, 0.717) is 12.1 Å². The molecule has 1 aliphatic carbocycles. The van der Waals surface area contributed by atoms with Gasteiger partial charge in [0.15, 0.2) is 0 Å². The fourth-order valence-corrected chi connectivity index (χ4v) is 10.2. The molecular formula is C32H43NO2Si. The van der Waals surface area contributed by atoms with E-state index in [1.165, 1.54) is 15.9 Å². The quantitative estimate of drug-likeness (QED) is 0.342. The van der Waals surface area contributed by atoms with Crippen LogP contribution in [0, 0.1) is 0 Å². The average molecular weight is 502 g/mol. The van der Waals surface area contributed by atoms with Crippen LogP contribution in [0.4, 0.5) is 0 Å². The summed E-state index contributed by atoms with van der Waals surface area (Å²) in [6.07, 6.45) is 4.83. The summed E-state index contributed by atoms with van der Waals surface area (Å²) in [6.45, 7) is 10.9. The Labute approximate surface area is 219 Å². The van der Waals surface area contributed by atoms with Gasteiger partial charge in [-0.3, -0.25) is 0 Å². The number of hydrogen-bond donors (Lipinski definition) is 1. The predicted octanol–water partition coefficient (Wildman–Crippen LogP) is 6.07. The molecule has 1 saturated carbocycles. The minimum Gasteiger partial charge on any atom is -0.404 e. The molecule has 1 N–H and O–H groups in total. The molecule has 3 aromatic carbocycles. The Balaban J connectivity index is 1.37. The van der Waals surface area contributed by atoms with Crippen molar-refractivity contribution in [3.63, 3.8) is 0 Å². The van der Waals surface area contributed by atoms with Gasteiger partial charge in [0.2, 0.25) is 0 Å². The minimum absolute atomic E-state index is 0.0168. The van der Waals surface area contributed by atoms with Crippen molar-refractivity contribution in [3.8, 4) is 0 Å². The van der Waals surface area contributed by atoms with Crippen LogP contribution in [0.3, 0.4) is 0 Å². The van der Waals surface area contributed by atoms with E-state index in [9.17, 15) is 0 Å². The van der Waals surface area contributed by atoms with E-state index in [1.54, 1.807) is 0 Å². The molecule has 0 aromatic heterocycles. The van der Waals surface area contributed by atoms with Crippen molar-refractivity contribution in [1.82, 2.24) is 5.32 Å². The van der Waals surface area contributed by atoms with E-state index < -0.39 is 8.32 Å². The van der Waals surface area contributed by atoms with Gasteiger partial charge in [0, 0.05) is 18.7 Å². The molecule has 1 atom stereocenters. The number of hydrogen-bond acceptors (Lipinski definition) is 3. The maximum absolute atomic E-state index is 7.35. The van der Waals surface area contributed by atoms with Crippen LogP contribution in [0.1, 0.15) is 58.9 Å². The van der Waals surface area contributed by atoms with Crippen molar-refractivity contribution in [3.05, 3.63) is 96.6 Å². The molecule has 0 amide bonds. The molecule has 0 saturated heterocycles. The molecule has 0 radical (unpaired) electrons. The molecule has 0 aliphatic heterocycles. The van der Waals surface area contributed by atoms with Crippen molar-refractivity contribution < 1.29 is 9.16 Å². The lowest BCUT2D eigenvalue weighted by molar-refractivity contribution is -0.00663. The van der Waals surface area contributed by atoms with Crippen molar-refractivity contribution >= 4 is 18.7 Å². The topological polar surface area (TPSA) is 30.5 Å². The molecule has 3 aromatic rings. The normalized spacial score (nSPS) is 19.7. The first-order valence-corrected chi connectivity index (χ1v) is 15.5. The van der Waals surface area contributed by atoms with Gasteiger partial charge in [-0.25, -0.2) is 0 Å². The maximum Gasteiger partial charge on any atom is 0.261 e. The molecule has 0 bridgehead atoms. The van der Waals surface area contributed by atoms with Crippen LogP contribution in [0.2, 0.25) is 5.04 Å². The molecule has 192 valence electrons. The van der Waals surface area contributed by atoms with Gasteiger partial charge in [0.1, 0.15) is 0 Å². The van der Waals surface area contributed by atoms with Crippen LogP contribution in [-0.2, 0) is 15.7 Å². The van der Waals surface area contributed by atoms with E-state index in [4.69, 9.17) is 9.16 Å². The first-order valence-electron chi connectivity index (χ1n) is 13.6. The lowest BCUT2D eigenvalue weighted by Crippen LogP contribution is -2.67. The molecule has 0 heterocycles. The Morgan fingerprint density at radius 1 is 0.750 bits per heavy atom. The van der Waals surface area contributed by atoms with E-state index in [2.05, 4.69) is 124 Å². The number of ether oxygens (including phenoxy) is 1. The average Bonchev–Trinajstić information content (AvgIpc) is 2.91. The van der Waals surface area contributed by atoms with Gasteiger partial charge in [-0.2, -0.15) is 0 Å². The highest BCUT2D eigenvalue weighted by atomic mass is 28.4. The summed E-state index contributed by atoms with van der Waals surface area (Å²) < 4.78 is 13.7. The highest BCUT2D eigenvalue weighted by Gasteiger charge is 2.51. The first kappa shape index (κ1) is 26.8. The summed E-state index contributed by atoms with van der Waals surface area (Å²) in [4.78, 5) is 0. The van der Waals surface area contributed by atoms with Crippen molar-refractivity contribution in [2.24, 2.45) is 0 Å². The fourth-order valence-electron chi connectivity index (χ4n) is 5.49. The summed E-state index contributed by atoms with van der Waals surface area (Å²) >= 11 is 0. The summed E-state index contributed by atoms with van der Waals surface area (Å²) in [6, 6.07) is 32.9. The number of nitrogens with one attached hydrogen (secondary N) is 1. The summed E-state index contributed by atoms with van der Waals surface area (Å²) in [5.74, 6) is 0. The first-order chi connectivity index (χ1) is 17.4. The standard InChI is InChI=1S/C32H43NO2Si/c1-26(33-24-27-14-8-5-9-15-27)25-34-28-20-22-29(23-21-28)35-36(32(2,3)4,30-16-10-6-11-17-30)31-18-12-7-13-19-31/h5-19,26,28-29,33H,20-25H2,1-4H3/t26-,28?,29?/m0/s1. The third kappa shape index (κ3) is 6.54. The van der Waals surface area contributed by atoms with Crippen LogP contribution >= 0.6 is 0 Å². The third-order valence-electron chi connectivity index (χ3n) is 7.46. The summed E-state index contributed by atoms with van der Waals surface area (Å²) in [5.41, 5.74) is 1.31. The monoisotopic (exact) mass is 501 g/mol. The number of rotatable bonds is 10. The van der Waals surface area contributed by atoms with Crippen LogP contribution in [-0.4, -0.2) is 33.2 Å². The van der Waals surface area contributed by atoms with Gasteiger partial charge in [-0.1, -0.05) is 112 Å². The van der Waals surface area contributed by atoms with Crippen molar-refractivity contribution in [2.75, 3.05) is 6.61 Å². The second-order valence-electron chi connectivity index (χ2n) is 11.3. The Morgan fingerprint density at radius 3 is 1.72 bits per heavy atom. The zero-order valence-electron chi connectivity index (χ0n) is 22.5. The third-order valence-corrected chi connectivity index (χ3v) is 12.6. The highest BCUT2D eigenvalue weighted by Crippen LogP contribution is 2.39. The molecule has 1 fully saturated rings. The molecule has 3 nitrogen and oxygen atoms in total. The Bertz CT molecular complexity index is 989. The zero-order valence-corrected chi connectivity index (χ0v) is 23.5. The smallest absolute Gasteiger partial charge is 0.261 e. The van der Waals surface area contributed by atoms with Gasteiger partial charge < -0.3 is 14.5 Å². The van der Waals surface area contributed by atoms with Crippen molar-refractivity contribution in [2.45, 2.75) is 83.2 Å². The van der Waals surface area contributed by atoms with E-state index in [0.717, 1.165) is 38.8 Å². The summed E-state index contributed by atoms with van der Waals surface area (Å²) in [7, 11) is -2.49. The Hall–Kier alpha value is -2.24. The zero-order chi connectivity index (χ0) is 25.4. The van der Waals surface area contributed by atoms with Gasteiger partial charge >= 0.3 is 0 Å². The van der Waals surface area contributed by atoms with Crippen LogP contribution in [0.15, 0.2) is 91.0 Å². The van der Waals surface area contributed by atoms with Crippen LogP contribution in [0.5, 0.6) is 0 Å². The van der Waals surface area contributed by atoms with E-state index in [1.807, 2.05) is 0 Å². The molecular weight excluding hydrogens is 458 g/mol. The van der Waals surface area contributed by atoms with E-state index >= 15 is 0 Å². The molecule has 36 heavy (non-hydrogen) atoms. The molecule has 0 spiro atoms. The van der Waals surface area contributed by atoms with Crippen molar-refractivity contribution in [1.29, 1.82) is 0 Å². The van der Waals surface area contributed by atoms with Gasteiger partial charge in [0.05, 0.1) is 12.7 Å². The molecule has 4 heteroatoms. The highest BCUT2D eigenvalue weighted by molar-refractivity contribution is 6.99. The van der Waals surface area contributed by atoms with Gasteiger partial charge in [0.25, 0.3) is 8.32 Å². The second kappa shape index (κ2) is 12.3. The minimum atomic E-state index is -2.49. The van der Waals surface area contributed by atoms with E-state index in [-0.39, 0.29) is 11.1 Å². The molecule has 0 unspecified atom stereocenters.